The zero-order valence-corrected chi connectivity index (χ0v) is 14.5. The Labute approximate surface area is 142 Å². The Kier molecular flexibility index (Phi) is 4.99. The maximum absolute atomic E-state index is 13.7. The van der Waals surface area contributed by atoms with Gasteiger partial charge in [0, 0.05) is 5.56 Å². The van der Waals surface area contributed by atoms with Gasteiger partial charge in [-0.25, -0.2) is 12.8 Å². The van der Waals surface area contributed by atoms with Crippen molar-refractivity contribution in [3.63, 3.8) is 0 Å². The van der Waals surface area contributed by atoms with Crippen molar-refractivity contribution in [2.45, 2.75) is 18.4 Å². The molecule has 1 saturated heterocycles. The molecule has 1 heterocycles. The number of sulfonamides is 1. The number of aryl methyl sites for hydroxylation is 1. The van der Waals surface area contributed by atoms with Gasteiger partial charge in [0.25, 0.3) is 0 Å². The number of rotatable bonds is 4. The minimum absolute atomic E-state index is 0.195. The highest BCUT2D eigenvalue weighted by Gasteiger charge is 2.30. The van der Waals surface area contributed by atoms with Gasteiger partial charge in [0.2, 0.25) is 10.0 Å². The van der Waals surface area contributed by atoms with Crippen LogP contribution in [0.25, 0.3) is 0 Å². The molecule has 1 aliphatic heterocycles. The second-order valence-electron chi connectivity index (χ2n) is 6.24. The third kappa shape index (κ3) is 3.66. The molecule has 0 bridgehead atoms. The monoisotopic (exact) mass is 349 g/mol. The standard InChI is InChI=1S/C18H21FN2O2S/c1-15-6-8-17(9-7-15)24(22,23)21-12-10-20(11-13-21)14-16-4-2-3-5-18(16)19/h2-9H,10-14H2,1H3/p+1. The lowest BCUT2D eigenvalue weighted by Crippen LogP contribution is -3.13. The van der Waals surface area contributed by atoms with E-state index in [1.807, 2.05) is 25.1 Å². The van der Waals surface area contributed by atoms with Crippen molar-refractivity contribution in [3.8, 4) is 0 Å². The average molecular weight is 349 g/mol. The van der Waals surface area contributed by atoms with E-state index >= 15 is 0 Å². The van der Waals surface area contributed by atoms with Crippen LogP contribution in [0.1, 0.15) is 11.1 Å². The van der Waals surface area contributed by atoms with Crippen LogP contribution < -0.4 is 4.90 Å². The van der Waals surface area contributed by atoms with Gasteiger partial charge in [-0.15, -0.1) is 0 Å². The van der Waals surface area contributed by atoms with Crippen LogP contribution in [0.4, 0.5) is 4.39 Å². The van der Waals surface area contributed by atoms with Gasteiger partial charge in [-0.05, 0) is 25.1 Å². The van der Waals surface area contributed by atoms with Crippen molar-refractivity contribution in [2.75, 3.05) is 26.2 Å². The second kappa shape index (κ2) is 7.01. The number of quaternary nitrogens is 1. The molecule has 3 rings (SSSR count). The highest BCUT2D eigenvalue weighted by Crippen LogP contribution is 2.16. The predicted octanol–water partition coefficient (Wildman–Crippen LogP) is 1.22. The zero-order chi connectivity index (χ0) is 17.2. The van der Waals surface area contributed by atoms with Crippen molar-refractivity contribution in [1.29, 1.82) is 0 Å². The van der Waals surface area contributed by atoms with Crippen LogP contribution in [0.3, 0.4) is 0 Å². The van der Waals surface area contributed by atoms with Gasteiger partial charge in [0.15, 0.2) is 0 Å². The van der Waals surface area contributed by atoms with Gasteiger partial charge in [0.1, 0.15) is 12.4 Å². The molecule has 2 aromatic rings. The van der Waals surface area contributed by atoms with E-state index in [0.29, 0.717) is 43.2 Å². The third-order valence-corrected chi connectivity index (χ3v) is 6.40. The van der Waals surface area contributed by atoms with E-state index in [4.69, 9.17) is 0 Å². The highest BCUT2D eigenvalue weighted by atomic mass is 32.2. The molecule has 0 aromatic heterocycles. The van der Waals surface area contributed by atoms with Gasteiger partial charge in [-0.1, -0.05) is 35.9 Å². The molecule has 0 spiro atoms. The largest absolute Gasteiger partial charge is 0.329 e. The van der Waals surface area contributed by atoms with Crippen LogP contribution in [-0.4, -0.2) is 38.9 Å². The lowest BCUT2D eigenvalue weighted by atomic mass is 10.2. The summed E-state index contributed by atoms with van der Waals surface area (Å²) >= 11 is 0. The molecular formula is C18H22FN2O2S+. The second-order valence-corrected chi connectivity index (χ2v) is 8.17. The van der Waals surface area contributed by atoms with E-state index in [1.165, 1.54) is 15.3 Å². The lowest BCUT2D eigenvalue weighted by molar-refractivity contribution is -0.917. The van der Waals surface area contributed by atoms with Crippen molar-refractivity contribution < 1.29 is 17.7 Å². The molecule has 0 aliphatic carbocycles. The molecule has 0 atom stereocenters. The molecule has 1 fully saturated rings. The van der Waals surface area contributed by atoms with Gasteiger partial charge >= 0.3 is 0 Å². The lowest BCUT2D eigenvalue weighted by Gasteiger charge is -2.31. The van der Waals surface area contributed by atoms with Gasteiger partial charge in [0.05, 0.1) is 31.1 Å². The van der Waals surface area contributed by atoms with Crippen molar-refractivity contribution in [1.82, 2.24) is 4.31 Å². The predicted molar refractivity (Wildman–Crippen MR) is 90.7 cm³/mol. The third-order valence-electron chi connectivity index (χ3n) is 4.49. The first-order chi connectivity index (χ1) is 11.5. The van der Waals surface area contributed by atoms with Crippen LogP contribution in [0.5, 0.6) is 0 Å². The van der Waals surface area contributed by atoms with Crippen LogP contribution in [0, 0.1) is 12.7 Å². The molecule has 0 unspecified atom stereocenters. The number of hydrogen-bond donors (Lipinski definition) is 1. The normalized spacial score (nSPS) is 17.1. The summed E-state index contributed by atoms with van der Waals surface area (Å²) in [6, 6.07) is 13.7. The van der Waals surface area contributed by atoms with Crippen LogP contribution in [0.15, 0.2) is 53.4 Å². The number of halogens is 1. The smallest absolute Gasteiger partial charge is 0.243 e. The molecule has 1 aliphatic rings. The Morgan fingerprint density at radius 3 is 2.29 bits per heavy atom. The molecule has 1 N–H and O–H groups in total. The first-order valence-electron chi connectivity index (χ1n) is 8.10. The summed E-state index contributed by atoms with van der Waals surface area (Å²) in [5.74, 6) is -0.195. The molecule has 2 aromatic carbocycles. The minimum Gasteiger partial charge on any atom is -0.329 e. The summed E-state index contributed by atoms with van der Waals surface area (Å²) in [6.45, 7) is 4.80. The molecular weight excluding hydrogens is 327 g/mol. The number of nitrogens with zero attached hydrogens (tertiary/aromatic N) is 1. The van der Waals surface area contributed by atoms with E-state index in [2.05, 4.69) is 0 Å². The molecule has 6 heteroatoms. The summed E-state index contributed by atoms with van der Waals surface area (Å²) < 4.78 is 40.6. The van der Waals surface area contributed by atoms with Gasteiger partial charge < -0.3 is 4.90 Å². The Morgan fingerprint density at radius 2 is 1.67 bits per heavy atom. The van der Waals surface area contributed by atoms with E-state index < -0.39 is 10.0 Å². The first kappa shape index (κ1) is 17.1. The SMILES string of the molecule is Cc1ccc(S(=O)(=O)N2CC[NH+](Cc3ccccc3F)CC2)cc1. The Hall–Kier alpha value is -1.76. The van der Waals surface area contributed by atoms with Gasteiger partial charge in [-0.2, -0.15) is 4.31 Å². The van der Waals surface area contributed by atoms with E-state index in [9.17, 15) is 12.8 Å². The molecule has 4 nitrogen and oxygen atoms in total. The quantitative estimate of drug-likeness (QED) is 0.902. The minimum atomic E-state index is -3.44. The summed E-state index contributed by atoms with van der Waals surface area (Å²) in [5.41, 5.74) is 1.72. The summed E-state index contributed by atoms with van der Waals surface area (Å²) in [5, 5.41) is 0. The fourth-order valence-electron chi connectivity index (χ4n) is 2.99. The summed E-state index contributed by atoms with van der Waals surface area (Å²) in [4.78, 5) is 1.54. The maximum atomic E-state index is 13.7. The van der Waals surface area contributed by atoms with E-state index in [0.717, 1.165) is 5.56 Å². The Bertz CT molecular complexity index is 798. The molecule has 0 saturated carbocycles. The van der Waals surface area contributed by atoms with Crippen molar-refractivity contribution >= 4 is 10.0 Å². The summed E-state index contributed by atoms with van der Waals surface area (Å²) in [7, 11) is -3.44. The van der Waals surface area contributed by atoms with E-state index in [1.54, 1.807) is 24.3 Å². The summed E-state index contributed by atoms with van der Waals surface area (Å²) in [6.07, 6.45) is 0. The van der Waals surface area contributed by atoms with Crippen molar-refractivity contribution in [3.05, 3.63) is 65.5 Å². The van der Waals surface area contributed by atoms with E-state index in [-0.39, 0.29) is 5.82 Å². The van der Waals surface area contributed by atoms with Gasteiger partial charge in [-0.3, -0.25) is 0 Å². The van der Waals surface area contributed by atoms with Crippen LogP contribution in [-0.2, 0) is 16.6 Å². The maximum Gasteiger partial charge on any atom is 0.243 e. The fourth-order valence-corrected chi connectivity index (χ4v) is 4.43. The fraction of sp³-hybridized carbons (Fsp3) is 0.333. The highest BCUT2D eigenvalue weighted by molar-refractivity contribution is 7.89. The number of hydrogen-bond acceptors (Lipinski definition) is 2. The molecule has 0 amide bonds. The Morgan fingerprint density at radius 1 is 1.04 bits per heavy atom. The number of nitrogens with one attached hydrogen (secondary N) is 1. The number of piperazine rings is 1. The molecule has 24 heavy (non-hydrogen) atoms. The number of benzene rings is 2. The topological polar surface area (TPSA) is 41.8 Å². The first-order valence-corrected chi connectivity index (χ1v) is 9.54. The van der Waals surface area contributed by atoms with Crippen LogP contribution in [0.2, 0.25) is 0 Å². The molecule has 0 radical (unpaired) electrons. The molecule has 128 valence electrons. The van der Waals surface area contributed by atoms with Crippen molar-refractivity contribution in [2.24, 2.45) is 0 Å². The zero-order valence-electron chi connectivity index (χ0n) is 13.7. The Balaban J connectivity index is 1.64. The van der Waals surface area contributed by atoms with Crippen LogP contribution >= 0.6 is 0 Å². The average Bonchev–Trinajstić information content (AvgIpc) is 2.58.